The van der Waals surface area contributed by atoms with Crippen molar-refractivity contribution in [2.45, 2.75) is 25.3 Å². The van der Waals surface area contributed by atoms with Gasteiger partial charge in [0.15, 0.2) is 11.5 Å². The number of ether oxygens (including phenoxy) is 2. The van der Waals surface area contributed by atoms with E-state index in [4.69, 9.17) is 19.7 Å². The molecule has 2 aromatic rings. The van der Waals surface area contributed by atoms with E-state index in [2.05, 4.69) is 31.1 Å². The van der Waals surface area contributed by atoms with Crippen molar-refractivity contribution in [3.05, 3.63) is 65.7 Å². The number of carboxylic acids is 2. The Balaban J connectivity index is 0.000000466. The standard InChI is InChI=1S/C22H28N2O3.C4H4O4/c1-23(2)18-12-17-13-20(26-3)21(27-4)14-19(17)24(15-18)22(25)11-10-16-8-6-5-7-9-16;5-3(6)1-2-4(7)8/h5-9,13-14,18H,10-12,15H2,1-4H3;1-2H,(H,5,6)(H,7,8). The van der Waals surface area contributed by atoms with Crippen molar-refractivity contribution in [1.82, 2.24) is 4.90 Å². The number of nitrogens with zero attached hydrogens (tertiary/aromatic N) is 2. The largest absolute Gasteiger partial charge is 0.493 e. The first-order valence-corrected chi connectivity index (χ1v) is 11.1. The first-order chi connectivity index (χ1) is 16.7. The second kappa shape index (κ2) is 13.1. The molecule has 0 radical (unpaired) electrons. The number of aliphatic carboxylic acids is 2. The number of carbonyl (C=O) groups excluding carboxylic acids is 1. The molecule has 0 saturated carbocycles. The van der Waals surface area contributed by atoms with Gasteiger partial charge in [-0.2, -0.15) is 0 Å². The molecule has 1 amide bonds. The van der Waals surface area contributed by atoms with Gasteiger partial charge in [-0.05, 0) is 44.1 Å². The van der Waals surface area contributed by atoms with Crippen molar-refractivity contribution in [1.29, 1.82) is 0 Å². The Morgan fingerprint density at radius 3 is 2.09 bits per heavy atom. The van der Waals surface area contributed by atoms with E-state index in [0.717, 1.165) is 24.1 Å². The molecular weight excluding hydrogens is 452 g/mol. The smallest absolute Gasteiger partial charge is 0.328 e. The van der Waals surface area contributed by atoms with Crippen LogP contribution in [-0.4, -0.2) is 73.9 Å². The first-order valence-electron chi connectivity index (χ1n) is 11.1. The number of benzene rings is 2. The number of amides is 1. The number of anilines is 1. The summed E-state index contributed by atoms with van der Waals surface area (Å²) in [6.07, 6.45) is 3.22. The van der Waals surface area contributed by atoms with E-state index in [1.807, 2.05) is 35.2 Å². The van der Waals surface area contributed by atoms with Crippen LogP contribution in [0.5, 0.6) is 11.5 Å². The van der Waals surface area contributed by atoms with Crippen molar-refractivity contribution in [2.24, 2.45) is 0 Å². The van der Waals surface area contributed by atoms with Crippen molar-refractivity contribution in [3.8, 4) is 11.5 Å². The third-order valence-electron chi connectivity index (χ3n) is 5.59. The van der Waals surface area contributed by atoms with Gasteiger partial charge in [0.1, 0.15) is 0 Å². The number of aryl methyl sites for hydroxylation is 1. The molecule has 9 nitrogen and oxygen atoms in total. The lowest BCUT2D eigenvalue weighted by atomic mass is 9.95. The fraction of sp³-hybridized carbons (Fsp3) is 0.346. The Labute approximate surface area is 205 Å². The molecular formula is C26H32N2O7. The zero-order chi connectivity index (χ0) is 26.0. The lowest BCUT2D eigenvalue weighted by molar-refractivity contribution is -0.134. The highest BCUT2D eigenvalue weighted by atomic mass is 16.5. The van der Waals surface area contributed by atoms with Gasteiger partial charge in [0.25, 0.3) is 0 Å². The summed E-state index contributed by atoms with van der Waals surface area (Å²) in [6, 6.07) is 14.3. The molecule has 0 saturated heterocycles. The minimum atomic E-state index is -1.26. The highest BCUT2D eigenvalue weighted by molar-refractivity contribution is 5.95. The molecule has 188 valence electrons. The maximum atomic E-state index is 13.1. The number of hydrogen-bond acceptors (Lipinski definition) is 6. The molecule has 1 aliphatic heterocycles. The van der Waals surface area contributed by atoms with Gasteiger partial charge in [-0.3, -0.25) is 4.79 Å². The fourth-order valence-electron chi connectivity index (χ4n) is 3.71. The van der Waals surface area contributed by atoms with Crippen LogP contribution in [-0.2, 0) is 27.2 Å². The summed E-state index contributed by atoms with van der Waals surface area (Å²) < 4.78 is 10.9. The second-order valence-electron chi connectivity index (χ2n) is 8.16. The minimum Gasteiger partial charge on any atom is -0.493 e. The van der Waals surface area contributed by atoms with Crippen LogP contribution in [0.3, 0.4) is 0 Å². The van der Waals surface area contributed by atoms with Crippen LogP contribution in [0.15, 0.2) is 54.6 Å². The predicted molar refractivity (Wildman–Crippen MR) is 132 cm³/mol. The third kappa shape index (κ3) is 8.15. The second-order valence-corrected chi connectivity index (χ2v) is 8.16. The van der Waals surface area contributed by atoms with Crippen LogP contribution < -0.4 is 14.4 Å². The lowest BCUT2D eigenvalue weighted by Gasteiger charge is -2.38. The molecule has 0 aromatic heterocycles. The summed E-state index contributed by atoms with van der Waals surface area (Å²) in [5, 5.41) is 15.6. The van der Waals surface area contributed by atoms with Gasteiger partial charge in [-0.15, -0.1) is 0 Å². The molecule has 9 heteroatoms. The Hall–Kier alpha value is -3.85. The molecule has 1 aliphatic rings. The van der Waals surface area contributed by atoms with E-state index < -0.39 is 11.9 Å². The molecule has 1 heterocycles. The number of rotatable bonds is 8. The number of carbonyl (C=O) groups is 3. The van der Waals surface area contributed by atoms with Crippen LogP contribution in [0.25, 0.3) is 0 Å². The van der Waals surface area contributed by atoms with E-state index in [1.165, 1.54) is 5.56 Å². The van der Waals surface area contributed by atoms with E-state index in [0.29, 0.717) is 36.6 Å². The van der Waals surface area contributed by atoms with Crippen molar-refractivity contribution < 1.29 is 34.1 Å². The molecule has 1 atom stereocenters. The monoisotopic (exact) mass is 484 g/mol. The summed E-state index contributed by atoms with van der Waals surface area (Å²) in [7, 11) is 7.38. The van der Waals surface area contributed by atoms with Gasteiger partial charge in [0, 0.05) is 37.2 Å². The van der Waals surface area contributed by atoms with Crippen LogP contribution in [0.4, 0.5) is 5.69 Å². The molecule has 3 rings (SSSR count). The summed E-state index contributed by atoms with van der Waals surface area (Å²) in [4.78, 5) is 36.3. The molecule has 35 heavy (non-hydrogen) atoms. The first kappa shape index (κ1) is 27.4. The van der Waals surface area contributed by atoms with Crippen molar-refractivity contribution in [3.63, 3.8) is 0 Å². The summed E-state index contributed by atoms with van der Waals surface area (Å²) in [5.74, 6) is -1.02. The van der Waals surface area contributed by atoms with Gasteiger partial charge in [-0.25, -0.2) is 9.59 Å². The summed E-state index contributed by atoms with van der Waals surface area (Å²) in [6.45, 7) is 0.684. The van der Waals surface area contributed by atoms with Crippen LogP contribution >= 0.6 is 0 Å². The molecule has 0 bridgehead atoms. The maximum absolute atomic E-state index is 13.1. The Kier molecular flexibility index (Phi) is 10.3. The Morgan fingerprint density at radius 1 is 1.00 bits per heavy atom. The highest BCUT2D eigenvalue weighted by Crippen LogP contribution is 2.38. The number of hydrogen-bond donors (Lipinski definition) is 2. The van der Waals surface area contributed by atoms with E-state index in [-0.39, 0.29) is 11.9 Å². The molecule has 1 unspecified atom stereocenters. The van der Waals surface area contributed by atoms with Crippen LogP contribution in [0, 0.1) is 0 Å². The maximum Gasteiger partial charge on any atom is 0.328 e. The average Bonchev–Trinajstić information content (AvgIpc) is 2.85. The van der Waals surface area contributed by atoms with Gasteiger partial charge < -0.3 is 29.5 Å². The lowest BCUT2D eigenvalue weighted by Crippen LogP contribution is -2.48. The third-order valence-corrected chi connectivity index (χ3v) is 5.59. The van der Waals surface area contributed by atoms with Crippen LogP contribution in [0.2, 0.25) is 0 Å². The fourth-order valence-corrected chi connectivity index (χ4v) is 3.71. The predicted octanol–water partition coefficient (Wildman–Crippen LogP) is 2.87. The number of fused-ring (bicyclic) bond motifs is 1. The Bertz CT molecular complexity index is 1040. The molecule has 0 fully saturated rings. The molecule has 2 aromatic carbocycles. The van der Waals surface area contributed by atoms with Crippen molar-refractivity contribution >= 4 is 23.5 Å². The topological polar surface area (TPSA) is 117 Å². The number of carboxylic acid groups (broad SMARTS) is 2. The average molecular weight is 485 g/mol. The molecule has 2 N–H and O–H groups in total. The van der Waals surface area contributed by atoms with E-state index in [1.54, 1.807) is 14.2 Å². The normalized spacial score (nSPS) is 14.7. The van der Waals surface area contributed by atoms with Gasteiger partial charge in [0.05, 0.1) is 19.9 Å². The van der Waals surface area contributed by atoms with Gasteiger partial charge in [0.2, 0.25) is 5.91 Å². The zero-order valence-electron chi connectivity index (χ0n) is 20.4. The van der Waals surface area contributed by atoms with Crippen LogP contribution in [0.1, 0.15) is 17.5 Å². The summed E-state index contributed by atoms with van der Waals surface area (Å²) in [5.41, 5.74) is 3.23. The minimum absolute atomic E-state index is 0.138. The van der Waals surface area contributed by atoms with Crippen molar-refractivity contribution in [2.75, 3.05) is 39.8 Å². The summed E-state index contributed by atoms with van der Waals surface area (Å²) >= 11 is 0. The molecule has 0 aliphatic carbocycles. The quantitative estimate of drug-likeness (QED) is 0.550. The molecule has 0 spiro atoms. The highest BCUT2D eigenvalue weighted by Gasteiger charge is 2.31. The van der Waals surface area contributed by atoms with Gasteiger partial charge >= 0.3 is 11.9 Å². The Morgan fingerprint density at radius 2 is 1.57 bits per heavy atom. The number of likely N-dealkylation sites (N-methyl/N-ethyl adjacent to an activating group) is 1. The SMILES string of the molecule is COc1cc2c(cc1OC)N(C(=O)CCc1ccccc1)CC(N(C)C)C2.O=C(O)C=CC(=O)O. The number of methoxy groups -OCH3 is 2. The van der Waals surface area contributed by atoms with Gasteiger partial charge in [-0.1, -0.05) is 30.3 Å². The van der Waals surface area contributed by atoms with E-state index in [9.17, 15) is 14.4 Å². The van der Waals surface area contributed by atoms with E-state index >= 15 is 0 Å². The zero-order valence-corrected chi connectivity index (χ0v) is 20.4.